The van der Waals surface area contributed by atoms with Crippen LogP contribution >= 0.6 is 0 Å². The van der Waals surface area contributed by atoms with Crippen molar-refractivity contribution < 1.29 is 9.18 Å². The summed E-state index contributed by atoms with van der Waals surface area (Å²) in [5.41, 5.74) is 0.739. The van der Waals surface area contributed by atoms with Crippen LogP contribution in [0.4, 0.5) is 14.9 Å². The summed E-state index contributed by atoms with van der Waals surface area (Å²) in [4.78, 5) is 17.1. The minimum atomic E-state index is -0.448. The highest BCUT2D eigenvalue weighted by Gasteiger charge is 2.31. The maximum Gasteiger partial charge on any atom is 0.322 e. The number of anilines is 1. The normalized spacial score (nSPS) is 20.4. The fraction of sp³-hybridized carbons (Fsp3) is 0.556. The summed E-state index contributed by atoms with van der Waals surface area (Å²) in [6.07, 6.45) is 4.54. The van der Waals surface area contributed by atoms with Gasteiger partial charge in [0.15, 0.2) is 5.82 Å². The van der Waals surface area contributed by atoms with Crippen LogP contribution in [0.1, 0.15) is 31.5 Å². The lowest BCUT2D eigenvalue weighted by atomic mass is 10.2. The van der Waals surface area contributed by atoms with E-state index in [-0.39, 0.29) is 17.8 Å². The lowest BCUT2D eigenvalue weighted by molar-refractivity contribution is 0.186. The number of carbonyl (C=O) groups is 1. The van der Waals surface area contributed by atoms with Gasteiger partial charge in [0, 0.05) is 24.8 Å². The van der Waals surface area contributed by atoms with Crippen molar-refractivity contribution in [3.05, 3.63) is 29.8 Å². The van der Waals surface area contributed by atoms with E-state index in [1.54, 1.807) is 19.1 Å². The number of likely N-dealkylation sites (tertiary alicyclic amines) is 2. The van der Waals surface area contributed by atoms with Gasteiger partial charge >= 0.3 is 6.03 Å². The summed E-state index contributed by atoms with van der Waals surface area (Å²) in [5.74, 6) is 0.0269. The van der Waals surface area contributed by atoms with Crippen LogP contribution < -0.4 is 5.32 Å². The molecule has 4 rings (SSSR count). The van der Waals surface area contributed by atoms with Crippen LogP contribution in [-0.4, -0.2) is 68.3 Å². The quantitative estimate of drug-likeness (QED) is 0.889. The van der Waals surface area contributed by atoms with Crippen LogP contribution in [0, 0.1) is 12.7 Å². The molecule has 2 saturated heterocycles. The van der Waals surface area contributed by atoms with Gasteiger partial charge < -0.3 is 15.1 Å². The van der Waals surface area contributed by atoms with Crippen molar-refractivity contribution >= 4 is 11.7 Å². The molecule has 144 valence electrons. The third-order valence-corrected chi connectivity index (χ3v) is 5.36. The Morgan fingerprint density at radius 2 is 2.07 bits per heavy atom. The number of hydrogen-bond donors (Lipinski definition) is 1. The SMILES string of the molecule is Cc1nnnn1-c1cc(NC(=O)N2CCCC2CN2CCCC2)ccc1F. The summed E-state index contributed by atoms with van der Waals surface area (Å²) in [7, 11) is 0. The molecule has 0 bridgehead atoms. The number of aryl methyl sites for hydroxylation is 1. The topological polar surface area (TPSA) is 79.2 Å². The Morgan fingerprint density at radius 1 is 1.26 bits per heavy atom. The molecule has 2 aliphatic heterocycles. The van der Waals surface area contributed by atoms with Gasteiger partial charge in [-0.2, -0.15) is 4.68 Å². The first kappa shape index (κ1) is 17.8. The number of nitrogens with zero attached hydrogens (tertiary/aromatic N) is 6. The van der Waals surface area contributed by atoms with Crippen LogP contribution in [0.2, 0.25) is 0 Å². The highest BCUT2D eigenvalue weighted by atomic mass is 19.1. The number of urea groups is 1. The molecule has 9 heteroatoms. The molecular weight excluding hydrogens is 349 g/mol. The minimum absolute atomic E-state index is 0.136. The highest BCUT2D eigenvalue weighted by molar-refractivity contribution is 5.90. The Kier molecular flexibility index (Phi) is 5.02. The first-order chi connectivity index (χ1) is 13.1. The molecule has 2 aliphatic rings. The van der Waals surface area contributed by atoms with Gasteiger partial charge in [-0.1, -0.05) is 0 Å². The molecule has 1 N–H and O–H groups in total. The fourth-order valence-corrected chi connectivity index (χ4v) is 3.96. The zero-order chi connectivity index (χ0) is 18.8. The van der Waals surface area contributed by atoms with E-state index in [4.69, 9.17) is 0 Å². The Labute approximate surface area is 157 Å². The van der Waals surface area contributed by atoms with Crippen LogP contribution in [0.3, 0.4) is 0 Å². The van der Waals surface area contributed by atoms with Crippen molar-refractivity contribution in [2.75, 3.05) is 31.5 Å². The van der Waals surface area contributed by atoms with Crippen LogP contribution in [-0.2, 0) is 0 Å². The molecule has 2 fully saturated rings. The van der Waals surface area contributed by atoms with Gasteiger partial charge in [0.2, 0.25) is 0 Å². The third kappa shape index (κ3) is 3.78. The van der Waals surface area contributed by atoms with E-state index in [9.17, 15) is 9.18 Å². The zero-order valence-corrected chi connectivity index (χ0v) is 15.4. The smallest absolute Gasteiger partial charge is 0.320 e. The second-order valence-corrected chi connectivity index (χ2v) is 7.23. The van der Waals surface area contributed by atoms with Gasteiger partial charge in [0.1, 0.15) is 11.5 Å². The Hall–Kier alpha value is -2.55. The van der Waals surface area contributed by atoms with Crippen LogP contribution in [0.25, 0.3) is 5.69 Å². The number of amides is 2. The zero-order valence-electron chi connectivity index (χ0n) is 15.4. The molecule has 1 aromatic carbocycles. The molecule has 0 radical (unpaired) electrons. The van der Waals surface area contributed by atoms with Crippen molar-refractivity contribution in [3.8, 4) is 5.69 Å². The average Bonchev–Trinajstić information content (AvgIpc) is 3.39. The van der Waals surface area contributed by atoms with Gasteiger partial charge in [0.05, 0.1) is 0 Å². The van der Waals surface area contributed by atoms with E-state index < -0.39 is 5.82 Å². The van der Waals surface area contributed by atoms with Gasteiger partial charge in [-0.25, -0.2) is 9.18 Å². The van der Waals surface area contributed by atoms with E-state index in [0.29, 0.717) is 11.5 Å². The average molecular weight is 373 g/mol. The second-order valence-electron chi connectivity index (χ2n) is 7.23. The van der Waals surface area contributed by atoms with Gasteiger partial charge in [0.25, 0.3) is 0 Å². The van der Waals surface area contributed by atoms with Crippen molar-refractivity contribution in [2.45, 2.75) is 38.6 Å². The van der Waals surface area contributed by atoms with Gasteiger partial charge in [-0.15, -0.1) is 5.10 Å². The maximum absolute atomic E-state index is 14.2. The largest absolute Gasteiger partial charge is 0.322 e. The summed E-state index contributed by atoms with van der Waals surface area (Å²) in [6, 6.07) is 4.54. The maximum atomic E-state index is 14.2. The molecule has 2 aromatic rings. The van der Waals surface area contributed by atoms with Crippen molar-refractivity contribution in [3.63, 3.8) is 0 Å². The van der Waals surface area contributed by atoms with E-state index >= 15 is 0 Å². The minimum Gasteiger partial charge on any atom is -0.320 e. The summed E-state index contributed by atoms with van der Waals surface area (Å²) in [6.45, 7) is 5.63. The predicted molar refractivity (Wildman–Crippen MR) is 98.3 cm³/mol. The lowest BCUT2D eigenvalue weighted by Gasteiger charge is -2.28. The molecule has 0 aliphatic carbocycles. The van der Waals surface area contributed by atoms with Crippen LogP contribution in [0.5, 0.6) is 0 Å². The number of benzene rings is 1. The van der Waals surface area contributed by atoms with Gasteiger partial charge in [-0.05, 0) is 74.3 Å². The Morgan fingerprint density at radius 3 is 2.81 bits per heavy atom. The van der Waals surface area contributed by atoms with Crippen molar-refractivity contribution in [1.82, 2.24) is 30.0 Å². The summed E-state index contributed by atoms with van der Waals surface area (Å²) in [5, 5.41) is 14.0. The molecule has 0 saturated carbocycles. The first-order valence-corrected chi connectivity index (χ1v) is 9.47. The molecular formula is C18H24FN7O. The number of nitrogens with one attached hydrogen (secondary N) is 1. The summed E-state index contributed by atoms with van der Waals surface area (Å²) < 4.78 is 15.5. The Balaban J connectivity index is 1.47. The number of tetrazole rings is 1. The molecule has 1 unspecified atom stereocenters. The van der Waals surface area contributed by atoms with E-state index in [2.05, 4.69) is 25.7 Å². The standard InChI is InChI=1S/C18H24FN7O/c1-13-21-22-23-26(13)17-11-14(6-7-16(17)19)20-18(27)25-10-4-5-15(25)12-24-8-2-3-9-24/h6-7,11,15H,2-5,8-10,12H2,1H3,(H,20,27). The first-order valence-electron chi connectivity index (χ1n) is 9.47. The predicted octanol–water partition coefficient (Wildman–Crippen LogP) is 2.20. The number of aromatic nitrogens is 4. The molecule has 2 amide bonds. The van der Waals surface area contributed by atoms with Gasteiger partial charge in [-0.3, -0.25) is 0 Å². The number of carbonyl (C=O) groups excluding carboxylic acids is 1. The molecule has 27 heavy (non-hydrogen) atoms. The lowest BCUT2D eigenvalue weighted by Crippen LogP contribution is -2.44. The van der Waals surface area contributed by atoms with E-state index in [1.807, 2.05) is 4.90 Å². The summed E-state index contributed by atoms with van der Waals surface area (Å²) >= 11 is 0. The molecule has 0 spiro atoms. The van der Waals surface area contributed by atoms with Crippen molar-refractivity contribution in [2.24, 2.45) is 0 Å². The fourth-order valence-electron chi connectivity index (χ4n) is 3.96. The molecule has 1 atom stereocenters. The Bertz CT molecular complexity index is 818. The van der Waals surface area contributed by atoms with E-state index in [1.165, 1.54) is 23.6 Å². The number of halogens is 1. The third-order valence-electron chi connectivity index (χ3n) is 5.36. The molecule has 3 heterocycles. The second kappa shape index (κ2) is 7.59. The van der Waals surface area contributed by atoms with Crippen molar-refractivity contribution in [1.29, 1.82) is 0 Å². The number of hydrogen-bond acceptors (Lipinski definition) is 5. The molecule has 1 aromatic heterocycles. The highest BCUT2D eigenvalue weighted by Crippen LogP contribution is 2.23. The van der Waals surface area contributed by atoms with Crippen LogP contribution in [0.15, 0.2) is 18.2 Å². The molecule has 8 nitrogen and oxygen atoms in total. The van der Waals surface area contributed by atoms with E-state index in [0.717, 1.165) is 39.0 Å². The number of rotatable bonds is 4. The monoisotopic (exact) mass is 373 g/mol.